The van der Waals surface area contributed by atoms with Crippen LogP contribution in [0.1, 0.15) is 105 Å². The number of aliphatic carboxylic acids is 1. The lowest BCUT2D eigenvalue weighted by atomic mass is 10.1. The molecule has 0 spiro atoms. The van der Waals surface area contributed by atoms with Crippen molar-refractivity contribution in [2.45, 2.75) is 91.9 Å². The molecule has 0 saturated heterocycles. The number of rotatable bonds is 29. The number of hydrogen-bond donors (Lipinski definition) is 8. The minimum absolute atomic E-state index is 0.0128. The second-order valence-corrected chi connectivity index (χ2v) is 18.8. The van der Waals surface area contributed by atoms with E-state index in [1.807, 2.05) is 6.92 Å². The number of fused-ring (bicyclic) bond motifs is 2. The van der Waals surface area contributed by atoms with E-state index in [1.54, 1.807) is 42.1 Å². The molecule has 1 aliphatic heterocycles. The number of anilines is 2. The van der Waals surface area contributed by atoms with E-state index in [1.165, 1.54) is 38.3 Å². The predicted molar refractivity (Wildman–Crippen MR) is 296 cm³/mol. The summed E-state index contributed by atoms with van der Waals surface area (Å²) in [5.41, 5.74) is 13.3. The molecular formula is C54H60N14O17. The molecule has 10 N–H and O–H groups in total. The molecule has 2 atom stereocenters. The number of primary amides is 2. The number of hydrogen-bond acceptors (Lipinski definition) is 20. The fourth-order valence-corrected chi connectivity index (χ4v) is 8.70. The van der Waals surface area contributed by atoms with Crippen LogP contribution in [0.15, 0.2) is 57.4 Å². The summed E-state index contributed by atoms with van der Waals surface area (Å²) in [6.45, 7) is 6.24. The number of imide groups is 1. The Bertz CT molecular complexity index is 3700. The van der Waals surface area contributed by atoms with Crippen molar-refractivity contribution in [1.29, 1.82) is 0 Å². The Morgan fingerprint density at radius 1 is 0.718 bits per heavy atom. The Balaban J connectivity index is 1.06. The maximum atomic E-state index is 13.9. The van der Waals surface area contributed by atoms with Crippen molar-refractivity contribution in [1.82, 2.24) is 49.9 Å². The third kappa shape index (κ3) is 15.0. The molecule has 0 bridgehead atoms. The van der Waals surface area contributed by atoms with Gasteiger partial charge in [-0.2, -0.15) is 0 Å². The van der Waals surface area contributed by atoms with Gasteiger partial charge in [-0.3, -0.25) is 63.5 Å². The molecule has 0 unspecified atom stereocenters. The Labute approximate surface area is 481 Å². The van der Waals surface area contributed by atoms with Gasteiger partial charge in [0.05, 0.1) is 49.3 Å². The smallest absolute Gasteiger partial charge is 0.328 e. The van der Waals surface area contributed by atoms with Gasteiger partial charge in [0.15, 0.2) is 11.8 Å². The van der Waals surface area contributed by atoms with Crippen LogP contribution in [0.25, 0.3) is 22.1 Å². The number of nitrogens with zero attached hydrogens (tertiary/aromatic N) is 7. The maximum absolute atomic E-state index is 13.9. The van der Waals surface area contributed by atoms with Gasteiger partial charge in [0, 0.05) is 63.1 Å². The van der Waals surface area contributed by atoms with Gasteiger partial charge in [-0.05, 0) is 50.5 Å². The zero-order chi connectivity index (χ0) is 61.8. The minimum Gasteiger partial charge on any atom is -0.494 e. The number of carboxylic acid groups (broad SMARTS) is 1. The van der Waals surface area contributed by atoms with Crippen LogP contribution in [0.4, 0.5) is 11.9 Å². The highest BCUT2D eigenvalue weighted by molar-refractivity contribution is 6.14. The van der Waals surface area contributed by atoms with Crippen molar-refractivity contribution >= 4 is 99.1 Å². The number of allylic oxidation sites excluding steroid dienone is 2. The maximum Gasteiger partial charge on any atom is 0.328 e. The number of benzene rings is 2. The van der Waals surface area contributed by atoms with Crippen LogP contribution in [0.2, 0.25) is 0 Å². The molecule has 5 heterocycles. The number of ether oxygens (including phenoxy) is 3. The molecule has 1 aliphatic rings. The minimum atomic E-state index is -1.48. The molecule has 31 heteroatoms. The van der Waals surface area contributed by atoms with E-state index in [-0.39, 0.29) is 107 Å². The summed E-state index contributed by atoms with van der Waals surface area (Å²) < 4.78 is 31.7. The molecule has 7 rings (SSSR count). The van der Waals surface area contributed by atoms with Gasteiger partial charge in [0.1, 0.15) is 41.2 Å². The van der Waals surface area contributed by atoms with E-state index >= 15 is 0 Å². The summed E-state index contributed by atoms with van der Waals surface area (Å²) in [4.78, 5) is 157. The predicted octanol–water partition coefficient (Wildman–Crippen LogP) is 1.28. The molecule has 448 valence electrons. The molecule has 0 saturated carbocycles. The first kappa shape index (κ1) is 61.9. The quantitative estimate of drug-likeness (QED) is 0.0142. The third-order valence-corrected chi connectivity index (χ3v) is 12.7. The number of aromatic nitrogens is 6. The summed E-state index contributed by atoms with van der Waals surface area (Å²) in [6.07, 6.45) is 5.16. The molecule has 0 radical (unpaired) electrons. The van der Waals surface area contributed by atoms with Crippen LogP contribution >= 0.6 is 0 Å². The highest BCUT2D eigenvalue weighted by Gasteiger charge is 2.30. The lowest BCUT2D eigenvalue weighted by Crippen LogP contribution is -2.52. The van der Waals surface area contributed by atoms with Crippen LogP contribution in [-0.2, 0) is 64.2 Å². The molecule has 2 aromatic carbocycles. The zero-order valence-electron chi connectivity index (χ0n) is 46.8. The third-order valence-electron chi connectivity index (χ3n) is 12.7. The number of nitrogens with two attached hydrogens (primary N) is 2. The molecule has 0 fully saturated rings. The first-order chi connectivity index (χ1) is 40.5. The fourth-order valence-electron chi connectivity index (χ4n) is 8.70. The van der Waals surface area contributed by atoms with Crippen molar-refractivity contribution in [3.05, 3.63) is 94.4 Å². The number of esters is 1. The molecule has 6 aromatic rings. The Kier molecular flexibility index (Phi) is 19.9. The van der Waals surface area contributed by atoms with Crippen molar-refractivity contribution < 1.29 is 80.9 Å². The zero-order valence-corrected chi connectivity index (χ0v) is 46.8. The Morgan fingerprint density at radius 2 is 1.24 bits per heavy atom. The number of carboxylic acids is 1. The summed E-state index contributed by atoms with van der Waals surface area (Å²) in [5.74, 6) is -8.64. The van der Waals surface area contributed by atoms with E-state index in [0.717, 1.165) is 12.2 Å². The van der Waals surface area contributed by atoms with Crippen molar-refractivity contribution in [3.63, 3.8) is 0 Å². The number of aryl methyl sites for hydroxylation is 4. The van der Waals surface area contributed by atoms with Gasteiger partial charge >= 0.3 is 11.9 Å². The van der Waals surface area contributed by atoms with Gasteiger partial charge in [-0.1, -0.05) is 26.0 Å². The van der Waals surface area contributed by atoms with E-state index in [4.69, 9.17) is 39.6 Å². The van der Waals surface area contributed by atoms with E-state index in [9.17, 15) is 52.7 Å². The number of methoxy groups -OCH3 is 1. The normalized spacial score (nSPS) is 12.8. The SMILES string of the molecule is CCc1nc(C)oc1C(=O)Nc1nc2cc(C(N)=O)cc(OC)c2n1C/C=C/Cn1c(NC(=O)c2oc(C)nc2CC)nc2cc(C(N)=O)cc(OCCCOC(=O)[C@H](C)NC(=O)CNC(=O)[C@@H](CCC(=O)O)NC(=O)CN3C(=O)C=CC3=O)c21. The van der Waals surface area contributed by atoms with Gasteiger partial charge in [-0.15, -0.1) is 0 Å². The standard InChI is InChI=1S/C54H60N14O17/c1-7-31-45(84-27(4)59-31)50(78)64-53-62-34-20-29(47(55)75)22-36(81-6)43(34)66(53)16-9-10-17-67-44-35(63-54(67)65-51(79)46-32(8-2)60-28(5)85-46)21-30(48(56)76)23-37(44)82-18-11-19-83-52(80)26(3)58-38(69)24-57-49(77)33(12-15-42(73)74)61-39(70)25-68-40(71)13-14-41(68)72/h9-10,13-14,20-23,26,33H,7-8,11-12,15-19,24-25H2,1-6H3,(H2,55,75)(H2,56,76)(H,57,77)(H,58,69)(H,61,70)(H,73,74)(H,62,64,78)(H,63,65,79)/b10-9+/t26-,33+/m0/s1. The van der Waals surface area contributed by atoms with Crippen LogP contribution in [0.5, 0.6) is 11.5 Å². The van der Waals surface area contributed by atoms with Crippen molar-refractivity contribution in [2.75, 3.05) is 44.0 Å². The second kappa shape index (κ2) is 27.3. The van der Waals surface area contributed by atoms with Crippen LogP contribution in [-0.4, -0.2) is 150 Å². The molecule has 0 aliphatic carbocycles. The van der Waals surface area contributed by atoms with Crippen LogP contribution in [0, 0.1) is 13.8 Å². The average Bonchev–Trinajstić information content (AvgIpc) is 1.87. The summed E-state index contributed by atoms with van der Waals surface area (Å²) in [6, 6.07) is 2.93. The highest BCUT2D eigenvalue weighted by atomic mass is 16.5. The van der Waals surface area contributed by atoms with Crippen molar-refractivity contribution in [3.8, 4) is 11.5 Å². The van der Waals surface area contributed by atoms with E-state index in [0.29, 0.717) is 34.6 Å². The van der Waals surface area contributed by atoms with Gasteiger partial charge in [0.2, 0.25) is 53.0 Å². The first-order valence-corrected chi connectivity index (χ1v) is 26.3. The molecular weight excluding hydrogens is 1120 g/mol. The molecule has 31 nitrogen and oxygen atoms in total. The van der Waals surface area contributed by atoms with Crippen molar-refractivity contribution in [2.24, 2.45) is 11.5 Å². The van der Waals surface area contributed by atoms with Gasteiger partial charge in [-0.25, -0.2) is 24.7 Å². The van der Waals surface area contributed by atoms with E-state index < -0.39 is 103 Å². The number of amides is 9. The lowest BCUT2D eigenvalue weighted by Gasteiger charge is -2.20. The summed E-state index contributed by atoms with van der Waals surface area (Å²) in [7, 11) is 1.39. The first-order valence-electron chi connectivity index (χ1n) is 26.3. The number of imidazole rings is 2. The van der Waals surface area contributed by atoms with Crippen LogP contribution < -0.4 is 47.5 Å². The van der Waals surface area contributed by atoms with E-state index in [2.05, 4.69) is 46.5 Å². The van der Waals surface area contributed by atoms with Gasteiger partial charge < -0.3 is 64.7 Å². The fraction of sp³-hybridized carbons (Fsp3) is 0.352. The molecule has 9 amide bonds. The largest absolute Gasteiger partial charge is 0.494 e. The second-order valence-electron chi connectivity index (χ2n) is 18.8. The molecule has 4 aromatic heterocycles. The molecule has 85 heavy (non-hydrogen) atoms. The number of carbonyl (C=O) groups is 11. The van der Waals surface area contributed by atoms with Gasteiger partial charge in [0.25, 0.3) is 23.6 Å². The highest BCUT2D eigenvalue weighted by Crippen LogP contribution is 2.33. The summed E-state index contributed by atoms with van der Waals surface area (Å²) >= 11 is 0. The average molecular weight is 1180 g/mol. The number of carbonyl (C=O) groups excluding carboxylic acids is 10. The Morgan fingerprint density at radius 3 is 1.73 bits per heavy atom. The number of oxazole rings is 2. The Hall–Kier alpha value is -10.8. The van der Waals surface area contributed by atoms with Crippen LogP contribution in [0.3, 0.4) is 0 Å². The number of nitrogens with one attached hydrogen (secondary N) is 5. The topological polar surface area (TPSA) is 439 Å². The summed E-state index contributed by atoms with van der Waals surface area (Å²) in [5, 5.41) is 21.6. The monoisotopic (exact) mass is 1180 g/mol. The lowest BCUT2D eigenvalue weighted by molar-refractivity contribution is -0.147.